The van der Waals surface area contributed by atoms with Gasteiger partial charge in [0.1, 0.15) is 17.3 Å². The number of aryl methyl sites for hydroxylation is 1. The molecule has 6 aromatic carbocycles. The molecule has 106 heavy (non-hydrogen) atoms. The summed E-state index contributed by atoms with van der Waals surface area (Å²) in [6.45, 7) is 4.11. The minimum absolute atomic E-state index is 0.0280. The quantitative estimate of drug-likeness (QED) is 0.0493. The second kappa shape index (κ2) is 50.1. The summed E-state index contributed by atoms with van der Waals surface area (Å²) in [5, 5.41) is 113. The fraction of sp³-hybridized carbons (Fsp3) is 0.440. The number of urea groups is 2. The molecule has 1 heterocycles. The van der Waals surface area contributed by atoms with E-state index in [2.05, 4.69) is 98.4 Å². The van der Waals surface area contributed by atoms with Crippen LogP contribution in [0, 0.1) is 18.8 Å². The van der Waals surface area contributed by atoms with Crippen molar-refractivity contribution >= 4 is 59.2 Å². The van der Waals surface area contributed by atoms with Crippen LogP contribution in [0.25, 0.3) is 0 Å². The van der Waals surface area contributed by atoms with Gasteiger partial charge in [-0.3, -0.25) is 9.80 Å². The molecule has 2 aliphatic rings. The molecule has 6 unspecified atom stereocenters. The molecule has 1 aliphatic carbocycles. The number of imide groups is 1. The average molecular weight is 1550 g/mol. The van der Waals surface area contributed by atoms with Crippen LogP contribution in [-0.2, 0) is 54.9 Å². The average Bonchev–Trinajstić information content (AvgIpc) is 0.781. The Kier molecular flexibility index (Phi) is 44.7. The van der Waals surface area contributed by atoms with Gasteiger partial charge in [0.2, 0.25) is 0 Å². The van der Waals surface area contributed by atoms with Crippen LogP contribution in [0.1, 0.15) is 102 Å². The lowest BCUT2D eigenvalue weighted by atomic mass is 9.73. The molecule has 6 aromatic rings. The van der Waals surface area contributed by atoms with E-state index in [1.807, 2.05) is 36.4 Å². The first-order valence-electron chi connectivity index (χ1n) is 34.3. The molecule has 0 radical (unpaired) electrons. The third-order valence-electron chi connectivity index (χ3n) is 17.2. The predicted molar refractivity (Wildman–Crippen MR) is 391 cm³/mol. The topological polar surface area (TPSA) is 406 Å². The molecule has 1 saturated carbocycles. The molecule has 3 N–H and O–H groups in total. The number of carbonyl (C=O) groups is 4. The van der Waals surface area contributed by atoms with Crippen molar-refractivity contribution in [1.29, 1.82) is 0 Å². The summed E-state index contributed by atoms with van der Waals surface area (Å²) in [6, 6.07) is 50.8. The number of phenols is 2. The van der Waals surface area contributed by atoms with Crippen molar-refractivity contribution in [1.82, 2.24) is 14.7 Å². The molecule has 1 aliphatic heterocycles. The number of aliphatic hydroxyl groups excluding tert-OH is 1. The molecule has 0 aromatic heterocycles. The molecular formula is C75H105N3O24Si4-8. The van der Waals surface area contributed by atoms with E-state index in [-0.39, 0.29) is 104 Å². The van der Waals surface area contributed by atoms with Crippen molar-refractivity contribution in [3.63, 3.8) is 0 Å². The van der Waals surface area contributed by atoms with Gasteiger partial charge < -0.3 is 105 Å². The lowest BCUT2D eigenvalue weighted by Crippen LogP contribution is -2.66. The van der Waals surface area contributed by atoms with Crippen LogP contribution in [-0.4, -0.2) is 194 Å². The van der Waals surface area contributed by atoms with E-state index in [4.69, 9.17) is 49.1 Å². The van der Waals surface area contributed by atoms with Crippen LogP contribution in [0.5, 0.6) is 17.2 Å². The van der Waals surface area contributed by atoms with Gasteiger partial charge in [-0.2, -0.15) is 7.11 Å². The molecule has 1 saturated heterocycles. The Labute approximate surface area is 628 Å². The lowest BCUT2D eigenvalue weighted by molar-refractivity contribution is -0.368. The van der Waals surface area contributed by atoms with Crippen LogP contribution in [0.4, 0.5) is 9.59 Å². The predicted octanol–water partition coefficient (Wildman–Crippen LogP) is 3.78. The number of carbonyl (C=O) groups excluding carboxylic acids is 4. The number of carboxylic acid groups (broad SMARTS) is 2. The van der Waals surface area contributed by atoms with Gasteiger partial charge in [-0.05, 0) is 83.8 Å². The monoisotopic (exact) mass is 1540 g/mol. The Hall–Kier alpha value is -7.59. The molecule has 0 bridgehead atoms. The normalized spacial score (nSPS) is 15.9. The van der Waals surface area contributed by atoms with Crippen molar-refractivity contribution < 1.29 is 114 Å². The number of hydrogen-bond acceptors (Lipinski definition) is 24. The second-order valence-electron chi connectivity index (χ2n) is 24.1. The Morgan fingerprint density at radius 3 is 1.02 bits per heavy atom. The number of aliphatic hydroxyl groups is 1. The largest absolute Gasteiger partial charge is 0.872 e. The van der Waals surface area contributed by atoms with Gasteiger partial charge in [0.15, 0.2) is 0 Å². The van der Waals surface area contributed by atoms with Gasteiger partial charge in [0.05, 0.1) is 0 Å². The molecule has 0 spiro atoms. The minimum Gasteiger partial charge on any atom is -0.872 e. The first-order chi connectivity index (χ1) is 50.8. The fourth-order valence-electron chi connectivity index (χ4n) is 11.4. The summed E-state index contributed by atoms with van der Waals surface area (Å²) in [5.41, 5.74) is 8.16. The van der Waals surface area contributed by atoms with E-state index in [1.165, 1.54) is 76.2 Å². The Bertz CT molecular complexity index is 3080. The van der Waals surface area contributed by atoms with E-state index in [1.54, 1.807) is 50.5 Å². The molecule has 6 atom stereocenters. The highest BCUT2D eigenvalue weighted by atomic mass is 28.5. The van der Waals surface area contributed by atoms with Crippen LogP contribution < -0.4 is 40.9 Å². The zero-order valence-electron chi connectivity index (χ0n) is 62.8. The highest BCUT2D eigenvalue weighted by Crippen LogP contribution is 2.44. The van der Waals surface area contributed by atoms with Gasteiger partial charge in [-0.1, -0.05) is 184 Å². The minimum atomic E-state index is -3.81. The standard InChI is InChI=1S/C27H24O3.C18H42O13Si4.C13H12.C8H12O4.C7H11N3O2.CH4O.CH3O/c1-18-2-4-19(5-3-18)26(20-6-12-23(28)13-7-20)27(21-8-14-24(29)15-9-21)22-10-16-25(30)17-11-22;1-23-32(24-2,15-7-11-19)29-34(27-5,17-9-13-21)31-35(28-6,18-10-14-22)30-33(25-3,26-4)16-8-12-20;1-3-7-12(8-4-1)11-13-9-5-2-6-10-13;9-7(10)5-3-1-2-4-6(5)8(11)12;1-5-8(2)6(11)10(4)7(12)9(5)3;2*1-2/h2-17,26-30H,1H3;7-18H2,1-6H3;1-10H,11H2;5-6H,1-4H2,(H,9,10)(H,11,12);1H2,2-4H3;2H,1H3;1H3/q;-4;;;;;-1/p-3. The fourth-order valence-corrected chi connectivity index (χ4v) is 27.1. The Morgan fingerprint density at radius 1 is 0.462 bits per heavy atom. The van der Waals surface area contributed by atoms with Crippen LogP contribution >= 0.6 is 0 Å². The summed E-state index contributed by atoms with van der Waals surface area (Å²) >= 11 is 0. The molecule has 27 nitrogen and oxygen atoms in total. The van der Waals surface area contributed by atoms with Crippen molar-refractivity contribution in [2.45, 2.75) is 101 Å². The highest BCUT2D eigenvalue weighted by molar-refractivity contribution is 6.84. The number of phenolic OH excluding ortho intramolecular Hbond substituents is 2. The van der Waals surface area contributed by atoms with Crippen LogP contribution in [0.3, 0.4) is 0 Å². The Morgan fingerprint density at radius 2 is 0.736 bits per heavy atom. The number of hydrogen-bond donors (Lipinski definition) is 3. The van der Waals surface area contributed by atoms with Gasteiger partial charge in [-0.15, -0.1) is 32.2 Å². The number of benzene rings is 6. The van der Waals surface area contributed by atoms with E-state index in [0.29, 0.717) is 18.7 Å². The lowest BCUT2D eigenvalue weighted by Gasteiger charge is -2.43. The van der Waals surface area contributed by atoms with Crippen molar-refractivity contribution in [2.24, 2.45) is 11.8 Å². The molecule has 588 valence electrons. The summed E-state index contributed by atoms with van der Waals surface area (Å²) < 4.78 is 53.3. The molecule has 2 fully saturated rings. The maximum absolute atomic E-state index is 11.7. The number of nitrogens with zero attached hydrogens (tertiary/aromatic N) is 3. The van der Waals surface area contributed by atoms with Crippen molar-refractivity contribution in [3.05, 3.63) is 209 Å². The number of aliphatic carboxylic acids is 2. The second-order valence-corrected chi connectivity index (χ2v) is 36.4. The van der Waals surface area contributed by atoms with Gasteiger partial charge in [0, 0.05) is 131 Å². The van der Waals surface area contributed by atoms with Crippen molar-refractivity contribution in [2.75, 3.05) is 104 Å². The SMILES string of the molecule is C=C1N(C)C(=O)N(C)C(=O)N1C.CO.CO[Si](CCC[O-])(OC)O[Si](CCC[O-])(OC)O[Si](CCC[O-])(OC)O[Si](CCC[O-])(OC)OC.C[O-].Cc1ccc(C(c2ccc(O)cc2)C(c2ccc([O-])cc2)c2ccc(O)cc2)cc1.O=C([O-])C1CCCCC1C(=O)[O-].c1ccc(Cc2ccccc2)cc1. The zero-order chi connectivity index (χ0) is 79.5. The molecular weight excluding hydrogens is 1440 g/mol. The summed E-state index contributed by atoms with van der Waals surface area (Å²) in [6.07, 6.45) is 4.16. The Balaban J connectivity index is 0.000000477. The van der Waals surface area contributed by atoms with E-state index in [9.17, 15) is 65.1 Å². The summed E-state index contributed by atoms with van der Waals surface area (Å²) in [5.74, 6) is -3.54. The highest BCUT2D eigenvalue weighted by Gasteiger charge is 2.61. The van der Waals surface area contributed by atoms with E-state index < -0.39 is 72.2 Å². The zero-order valence-corrected chi connectivity index (χ0v) is 66.8. The third-order valence-corrected chi connectivity index (χ3v) is 32.3. The maximum atomic E-state index is 11.7. The number of aromatic hydroxyl groups is 2. The van der Waals surface area contributed by atoms with Gasteiger partial charge in [-0.25, -0.2) is 14.5 Å². The number of amides is 4. The van der Waals surface area contributed by atoms with Crippen LogP contribution in [0.2, 0.25) is 24.2 Å². The third kappa shape index (κ3) is 29.9. The summed E-state index contributed by atoms with van der Waals surface area (Å²) in [4.78, 5) is 47.1. The van der Waals surface area contributed by atoms with Gasteiger partial charge >= 0.3 is 47.3 Å². The van der Waals surface area contributed by atoms with E-state index >= 15 is 0 Å². The van der Waals surface area contributed by atoms with E-state index in [0.717, 1.165) is 60.6 Å². The first kappa shape index (κ1) is 94.5. The molecule has 4 amide bonds. The molecule has 8 rings (SSSR count). The van der Waals surface area contributed by atoms with Crippen LogP contribution in [0.15, 0.2) is 170 Å². The summed E-state index contributed by atoms with van der Waals surface area (Å²) in [7, 11) is 0.227. The van der Waals surface area contributed by atoms with Gasteiger partial charge in [0.25, 0.3) is 0 Å². The number of rotatable bonds is 33. The maximum Gasteiger partial charge on any atom is 0.493 e. The van der Waals surface area contributed by atoms with Crippen molar-refractivity contribution in [3.8, 4) is 17.2 Å². The first-order valence-corrected chi connectivity index (χ1v) is 42.0. The number of carboxylic acids is 2. The smallest absolute Gasteiger partial charge is 0.493 e. The molecule has 31 heteroatoms.